The molecule has 8 nitrogen and oxygen atoms in total. The number of nitrogens with zero attached hydrogens (tertiary/aromatic N) is 1. The van der Waals surface area contributed by atoms with Gasteiger partial charge in [0, 0.05) is 23.4 Å². The molecule has 3 rings (SSSR count). The van der Waals surface area contributed by atoms with E-state index in [0.717, 1.165) is 0 Å². The second-order valence-corrected chi connectivity index (χ2v) is 6.61. The van der Waals surface area contributed by atoms with Crippen molar-refractivity contribution in [1.82, 2.24) is 0 Å². The topological polar surface area (TPSA) is 114 Å². The first kappa shape index (κ1) is 19.8. The molecule has 2 aromatic carbocycles. The Balaban J connectivity index is 1.71. The lowest BCUT2D eigenvalue weighted by Crippen LogP contribution is -2.17. The Hall–Kier alpha value is -3.94. The van der Waals surface area contributed by atoms with Gasteiger partial charge in [0.25, 0.3) is 11.6 Å². The number of benzene rings is 2. The fraction of sp³-hybridized carbons (Fsp3) is 0.143. The van der Waals surface area contributed by atoms with E-state index in [0.29, 0.717) is 16.9 Å². The van der Waals surface area contributed by atoms with Gasteiger partial charge in [0.05, 0.1) is 10.5 Å². The Morgan fingerprint density at radius 2 is 1.55 bits per heavy atom. The molecular weight excluding hydrogens is 374 g/mol. The molecule has 0 aliphatic carbocycles. The first-order valence-electron chi connectivity index (χ1n) is 8.91. The predicted molar refractivity (Wildman–Crippen MR) is 109 cm³/mol. The second kappa shape index (κ2) is 8.39. The summed E-state index contributed by atoms with van der Waals surface area (Å²) < 4.78 is 5.52. The highest BCUT2D eigenvalue weighted by Crippen LogP contribution is 2.31. The minimum absolute atomic E-state index is 0.0235. The average Bonchev–Trinajstić information content (AvgIpc) is 3.19. The van der Waals surface area contributed by atoms with Gasteiger partial charge in [0.2, 0.25) is 5.91 Å². The van der Waals surface area contributed by atoms with Crippen LogP contribution in [-0.2, 0) is 4.79 Å². The van der Waals surface area contributed by atoms with Crippen LogP contribution >= 0.6 is 0 Å². The molecular formula is C21H19N3O5. The first-order chi connectivity index (χ1) is 13.8. The number of carbonyl (C=O) groups is 2. The number of amides is 2. The van der Waals surface area contributed by atoms with Gasteiger partial charge in [-0.2, -0.15) is 0 Å². The van der Waals surface area contributed by atoms with Crippen LogP contribution in [0.1, 0.15) is 24.4 Å². The summed E-state index contributed by atoms with van der Waals surface area (Å²) in [7, 11) is 0. The maximum absolute atomic E-state index is 12.4. The van der Waals surface area contributed by atoms with E-state index in [-0.39, 0.29) is 29.0 Å². The first-order valence-corrected chi connectivity index (χ1v) is 8.91. The number of anilines is 2. The van der Waals surface area contributed by atoms with Crippen molar-refractivity contribution in [2.45, 2.75) is 13.8 Å². The van der Waals surface area contributed by atoms with Gasteiger partial charge in [-0.1, -0.05) is 26.0 Å². The number of hydrogen-bond donors (Lipinski definition) is 2. The molecule has 0 radical (unpaired) electrons. The van der Waals surface area contributed by atoms with Crippen LogP contribution in [0.3, 0.4) is 0 Å². The summed E-state index contributed by atoms with van der Waals surface area (Å²) in [4.78, 5) is 34.8. The third-order valence-electron chi connectivity index (χ3n) is 4.13. The highest BCUT2D eigenvalue weighted by atomic mass is 16.6. The van der Waals surface area contributed by atoms with Gasteiger partial charge in [-0.15, -0.1) is 0 Å². The quantitative estimate of drug-likeness (QED) is 0.465. The molecule has 0 aliphatic rings. The van der Waals surface area contributed by atoms with Crippen molar-refractivity contribution in [2.75, 3.05) is 10.6 Å². The molecule has 2 N–H and O–H groups in total. The molecule has 1 aromatic heterocycles. The Morgan fingerprint density at radius 3 is 2.17 bits per heavy atom. The molecule has 0 fully saturated rings. The van der Waals surface area contributed by atoms with Crippen LogP contribution < -0.4 is 10.6 Å². The third-order valence-corrected chi connectivity index (χ3v) is 4.13. The summed E-state index contributed by atoms with van der Waals surface area (Å²) in [5.74, 6) is -0.471. The van der Waals surface area contributed by atoms with Crippen LogP contribution in [0.2, 0.25) is 0 Å². The van der Waals surface area contributed by atoms with Crippen molar-refractivity contribution >= 4 is 28.9 Å². The predicted octanol–water partition coefficient (Wildman–Crippen LogP) is 4.70. The summed E-state index contributed by atoms with van der Waals surface area (Å²) in [6.07, 6.45) is 0. The molecule has 1 heterocycles. The van der Waals surface area contributed by atoms with Crippen LogP contribution in [0.25, 0.3) is 11.3 Å². The van der Waals surface area contributed by atoms with E-state index in [1.54, 1.807) is 56.3 Å². The molecule has 0 unspecified atom stereocenters. The molecule has 0 saturated carbocycles. The molecule has 0 aliphatic heterocycles. The largest absolute Gasteiger partial charge is 0.451 e. The van der Waals surface area contributed by atoms with Gasteiger partial charge in [0.15, 0.2) is 5.76 Å². The zero-order valence-corrected chi connectivity index (χ0v) is 15.8. The lowest BCUT2D eigenvalue weighted by atomic mass is 10.1. The Morgan fingerprint density at radius 1 is 0.931 bits per heavy atom. The fourth-order valence-electron chi connectivity index (χ4n) is 2.56. The number of nitro groups is 1. The zero-order valence-electron chi connectivity index (χ0n) is 15.8. The van der Waals surface area contributed by atoms with E-state index >= 15 is 0 Å². The summed E-state index contributed by atoms with van der Waals surface area (Å²) >= 11 is 0. The number of hydrogen-bond acceptors (Lipinski definition) is 5. The lowest BCUT2D eigenvalue weighted by molar-refractivity contribution is -0.384. The van der Waals surface area contributed by atoms with Crippen molar-refractivity contribution in [3.8, 4) is 11.3 Å². The van der Waals surface area contributed by atoms with Gasteiger partial charge in [-0.3, -0.25) is 19.7 Å². The van der Waals surface area contributed by atoms with Crippen LogP contribution in [0.5, 0.6) is 0 Å². The third kappa shape index (κ3) is 4.67. The van der Waals surface area contributed by atoms with Crippen LogP contribution in [0, 0.1) is 16.0 Å². The number of rotatable bonds is 6. The number of nitro benzene ring substituents is 1. The minimum atomic E-state index is -0.503. The summed E-state index contributed by atoms with van der Waals surface area (Å²) in [5.41, 5.74) is 1.33. The Bertz CT molecular complexity index is 1050. The highest BCUT2D eigenvalue weighted by molar-refractivity contribution is 6.02. The molecule has 8 heteroatoms. The molecule has 0 atom stereocenters. The van der Waals surface area contributed by atoms with Crippen molar-refractivity contribution in [1.29, 1.82) is 0 Å². The fourth-order valence-corrected chi connectivity index (χ4v) is 2.56. The van der Waals surface area contributed by atoms with Crippen LogP contribution in [0.15, 0.2) is 65.1 Å². The Labute approximate surface area is 166 Å². The lowest BCUT2D eigenvalue weighted by Gasteiger charge is -2.09. The van der Waals surface area contributed by atoms with Gasteiger partial charge >= 0.3 is 0 Å². The van der Waals surface area contributed by atoms with Crippen molar-refractivity contribution in [3.63, 3.8) is 0 Å². The van der Waals surface area contributed by atoms with Crippen LogP contribution in [-0.4, -0.2) is 16.7 Å². The summed E-state index contributed by atoms with van der Waals surface area (Å²) in [6, 6.07) is 15.8. The Kier molecular flexibility index (Phi) is 5.73. The molecule has 29 heavy (non-hydrogen) atoms. The van der Waals surface area contributed by atoms with E-state index < -0.39 is 10.8 Å². The van der Waals surface area contributed by atoms with Crippen molar-refractivity contribution in [3.05, 3.63) is 76.5 Å². The van der Waals surface area contributed by atoms with Gasteiger partial charge in [-0.25, -0.2) is 0 Å². The second-order valence-electron chi connectivity index (χ2n) is 6.61. The number of carbonyl (C=O) groups excluding carboxylic acids is 2. The maximum Gasteiger partial charge on any atom is 0.291 e. The standard InChI is InChI=1S/C21H19N3O5/c1-13(2)20(25)22-14-7-9-15(10-8-14)23-21(26)19-12-11-18(29-19)16-5-3-4-6-17(16)24(27)28/h3-13H,1-2H3,(H,22,25)(H,23,26). The molecule has 0 spiro atoms. The molecule has 148 valence electrons. The molecule has 0 bridgehead atoms. The van der Waals surface area contributed by atoms with E-state index in [1.165, 1.54) is 18.2 Å². The monoisotopic (exact) mass is 393 g/mol. The van der Waals surface area contributed by atoms with Gasteiger partial charge < -0.3 is 15.1 Å². The normalized spacial score (nSPS) is 10.6. The average molecular weight is 393 g/mol. The van der Waals surface area contributed by atoms with E-state index in [4.69, 9.17) is 4.42 Å². The zero-order chi connectivity index (χ0) is 21.0. The van der Waals surface area contributed by atoms with E-state index in [9.17, 15) is 19.7 Å². The highest BCUT2D eigenvalue weighted by Gasteiger charge is 2.19. The summed E-state index contributed by atoms with van der Waals surface area (Å²) in [6.45, 7) is 3.59. The molecule has 0 saturated heterocycles. The number of nitrogens with one attached hydrogen (secondary N) is 2. The van der Waals surface area contributed by atoms with Gasteiger partial charge in [-0.05, 0) is 42.5 Å². The van der Waals surface area contributed by atoms with Gasteiger partial charge in [0.1, 0.15) is 5.76 Å². The van der Waals surface area contributed by atoms with Crippen LogP contribution in [0.4, 0.5) is 17.1 Å². The molecule has 3 aromatic rings. The van der Waals surface area contributed by atoms with E-state index in [1.807, 2.05) is 0 Å². The van der Waals surface area contributed by atoms with Crippen molar-refractivity contribution in [2.24, 2.45) is 5.92 Å². The SMILES string of the molecule is CC(C)C(=O)Nc1ccc(NC(=O)c2ccc(-c3ccccc3[N+](=O)[O-])o2)cc1. The number of para-hydroxylation sites is 1. The number of furan rings is 1. The van der Waals surface area contributed by atoms with E-state index in [2.05, 4.69) is 10.6 Å². The smallest absolute Gasteiger partial charge is 0.291 e. The maximum atomic E-state index is 12.4. The molecule has 2 amide bonds. The minimum Gasteiger partial charge on any atom is -0.451 e. The van der Waals surface area contributed by atoms with Crippen molar-refractivity contribution < 1.29 is 18.9 Å². The summed E-state index contributed by atoms with van der Waals surface area (Å²) in [5, 5.41) is 16.6.